The number of piperazine rings is 1. The predicted molar refractivity (Wildman–Crippen MR) is 81.3 cm³/mol. The molecule has 21 heavy (non-hydrogen) atoms. The molecule has 5 heteroatoms. The lowest BCUT2D eigenvalue weighted by Crippen LogP contribution is -2.49. The molecule has 0 saturated carbocycles. The maximum atomic E-state index is 13.3. The number of hydrogen-bond donors (Lipinski definition) is 1. The highest BCUT2D eigenvalue weighted by Crippen LogP contribution is 2.16. The molecule has 0 aliphatic carbocycles. The number of nitrogens with zero attached hydrogens (tertiary/aromatic N) is 2. The summed E-state index contributed by atoms with van der Waals surface area (Å²) in [6, 6.07) is 3.89. The highest BCUT2D eigenvalue weighted by molar-refractivity contribution is 5.21. The molecule has 0 amide bonds. The first-order valence-electron chi connectivity index (χ1n) is 7.57. The Bertz CT molecular complexity index is 439. The van der Waals surface area contributed by atoms with E-state index in [-0.39, 0.29) is 12.1 Å². The van der Waals surface area contributed by atoms with Crippen molar-refractivity contribution in [2.24, 2.45) is 0 Å². The summed E-state index contributed by atoms with van der Waals surface area (Å²) in [5, 5.41) is 3.42. The molecule has 1 aliphatic rings. The monoisotopic (exact) mass is 297 g/mol. The first kappa shape index (κ1) is 16.3. The molecule has 1 aromatic rings. The lowest BCUT2D eigenvalue weighted by atomic mass is 10.1. The third-order valence-corrected chi connectivity index (χ3v) is 4.05. The largest absolute Gasteiger partial charge is 0.306 e. The number of hydrogen-bond acceptors (Lipinski definition) is 3. The lowest BCUT2D eigenvalue weighted by molar-refractivity contribution is 0.142. The van der Waals surface area contributed by atoms with E-state index in [2.05, 4.69) is 29.1 Å². The van der Waals surface area contributed by atoms with E-state index in [0.29, 0.717) is 5.56 Å². The summed E-state index contributed by atoms with van der Waals surface area (Å²) >= 11 is 0. The van der Waals surface area contributed by atoms with Crippen LogP contribution in [0.3, 0.4) is 0 Å². The molecule has 1 N–H and O–H groups in total. The van der Waals surface area contributed by atoms with Gasteiger partial charge in [-0.2, -0.15) is 0 Å². The normalized spacial score (nSPS) is 20.4. The number of likely N-dealkylation sites (N-methyl/N-ethyl adjacent to an activating group) is 1. The van der Waals surface area contributed by atoms with Crippen molar-refractivity contribution in [3.63, 3.8) is 0 Å². The van der Waals surface area contributed by atoms with E-state index in [4.69, 9.17) is 0 Å². The molecule has 2 atom stereocenters. The minimum absolute atomic E-state index is 0.0716. The van der Waals surface area contributed by atoms with Gasteiger partial charge in [0.15, 0.2) is 0 Å². The summed E-state index contributed by atoms with van der Waals surface area (Å²) in [6.45, 7) is 9.35. The average molecular weight is 297 g/mol. The fourth-order valence-corrected chi connectivity index (χ4v) is 2.82. The van der Waals surface area contributed by atoms with Crippen molar-refractivity contribution in [1.29, 1.82) is 0 Å². The van der Waals surface area contributed by atoms with Gasteiger partial charge >= 0.3 is 0 Å². The number of benzene rings is 1. The Kier molecular flexibility index (Phi) is 5.67. The molecule has 0 radical (unpaired) electrons. The zero-order valence-electron chi connectivity index (χ0n) is 13.1. The molecule has 118 valence electrons. The van der Waals surface area contributed by atoms with Gasteiger partial charge in [0.05, 0.1) is 0 Å². The molecule has 1 fully saturated rings. The van der Waals surface area contributed by atoms with Crippen molar-refractivity contribution in [2.45, 2.75) is 25.9 Å². The maximum absolute atomic E-state index is 13.3. The Morgan fingerprint density at radius 2 is 1.62 bits per heavy atom. The van der Waals surface area contributed by atoms with Gasteiger partial charge in [0, 0.05) is 50.9 Å². The third-order valence-electron chi connectivity index (χ3n) is 4.05. The fraction of sp³-hybridized carbons (Fsp3) is 0.625. The second-order valence-electron chi connectivity index (χ2n) is 6.10. The number of nitrogens with one attached hydrogen (secondary N) is 1. The highest BCUT2D eigenvalue weighted by atomic mass is 19.1. The summed E-state index contributed by atoms with van der Waals surface area (Å²) in [5.41, 5.74) is 0.651. The van der Waals surface area contributed by atoms with Crippen LogP contribution in [0, 0.1) is 11.6 Å². The van der Waals surface area contributed by atoms with Gasteiger partial charge in [-0.05, 0) is 38.6 Å². The SMILES string of the molecule is C[C@@H](CN1CCN(C)CC1)N[C@H](C)c1cc(F)cc(F)c1. The summed E-state index contributed by atoms with van der Waals surface area (Å²) in [6.07, 6.45) is 0. The molecule has 1 heterocycles. The minimum Gasteiger partial charge on any atom is -0.306 e. The van der Waals surface area contributed by atoms with E-state index in [1.807, 2.05) is 6.92 Å². The van der Waals surface area contributed by atoms with E-state index >= 15 is 0 Å². The second-order valence-corrected chi connectivity index (χ2v) is 6.10. The minimum atomic E-state index is -0.523. The van der Waals surface area contributed by atoms with Gasteiger partial charge in [0.1, 0.15) is 11.6 Å². The van der Waals surface area contributed by atoms with E-state index in [1.54, 1.807) is 0 Å². The van der Waals surface area contributed by atoms with E-state index in [0.717, 1.165) is 38.8 Å². The average Bonchev–Trinajstić information content (AvgIpc) is 2.40. The van der Waals surface area contributed by atoms with Crippen molar-refractivity contribution < 1.29 is 8.78 Å². The van der Waals surface area contributed by atoms with Crippen molar-refractivity contribution in [3.05, 3.63) is 35.4 Å². The van der Waals surface area contributed by atoms with E-state index in [1.165, 1.54) is 12.1 Å². The molecule has 1 saturated heterocycles. The van der Waals surface area contributed by atoms with Crippen molar-refractivity contribution >= 4 is 0 Å². The van der Waals surface area contributed by atoms with Crippen molar-refractivity contribution in [3.8, 4) is 0 Å². The molecule has 1 aliphatic heterocycles. The summed E-state index contributed by atoms with van der Waals surface area (Å²) in [5.74, 6) is -1.05. The van der Waals surface area contributed by atoms with Crippen LogP contribution in [0.15, 0.2) is 18.2 Å². The molecular formula is C16H25F2N3. The smallest absolute Gasteiger partial charge is 0.126 e. The number of rotatable bonds is 5. The topological polar surface area (TPSA) is 18.5 Å². The van der Waals surface area contributed by atoms with Gasteiger partial charge in [-0.1, -0.05) is 0 Å². The van der Waals surface area contributed by atoms with E-state index in [9.17, 15) is 8.78 Å². The molecule has 0 bridgehead atoms. The van der Waals surface area contributed by atoms with Crippen LogP contribution in [-0.2, 0) is 0 Å². The van der Waals surface area contributed by atoms with Crippen LogP contribution in [0.2, 0.25) is 0 Å². The van der Waals surface area contributed by atoms with Crippen molar-refractivity contribution in [1.82, 2.24) is 15.1 Å². The molecule has 0 spiro atoms. The van der Waals surface area contributed by atoms with Gasteiger partial charge in [0.2, 0.25) is 0 Å². The summed E-state index contributed by atoms with van der Waals surface area (Å²) < 4.78 is 26.5. The molecule has 0 aromatic heterocycles. The van der Waals surface area contributed by atoms with Gasteiger partial charge in [0.25, 0.3) is 0 Å². The predicted octanol–water partition coefficient (Wildman–Crippen LogP) is 2.25. The molecule has 1 aromatic carbocycles. The van der Waals surface area contributed by atoms with Gasteiger partial charge in [-0.25, -0.2) is 8.78 Å². The van der Waals surface area contributed by atoms with Crippen LogP contribution in [0.4, 0.5) is 8.78 Å². The standard InChI is InChI=1S/C16H25F2N3/c1-12(11-21-6-4-20(3)5-7-21)19-13(2)14-8-15(17)10-16(18)9-14/h8-10,12-13,19H,4-7,11H2,1-3H3/t12-,13+/m0/s1. The first-order chi connectivity index (χ1) is 9.94. The molecular weight excluding hydrogens is 272 g/mol. The van der Waals surface area contributed by atoms with Crippen LogP contribution < -0.4 is 5.32 Å². The Labute approximate surface area is 125 Å². The lowest BCUT2D eigenvalue weighted by Gasteiger charge is -2.34. The Balaban J connectivity index is 1.85. The highest BCUT2D eigenvalue weighted by Gasteiger charge is 2.17. The Morgan fingerprint density at radius 3 is 2.19 bits per heavy atom. The Morgan fingerprint density at radius 1 is 1.05 bits per heavy atom. The van der Waals surface area contributed by atoms with Gasteiger partial charge < -0.3 is 10.2 Å². The summed E-state index contributed by atoms with van der Waals surface area (Å²) in [7, 11) is 2.14. The second kappa shape index (κ2) is 7.29. The summed E-state index contributed by atoms with van der Waals surface area (Å²) in [4.78, 5) is 4.75. The van der Waals surface area contributed by atoms with Gasteiger partial charge in [-0.3, -0.25) is 4.90 Å². The zero-order valence-corrected chi connectivity index (χ0v) is 13.1. The molecule has 0 unspecified atom stereocenters. The van der Waals surface area contributed by atoms with Crippen LogP contribution in [0.5, 0.6) is 0 Å². The third kappa shape index (κ3) is 5.02. The van der Waals surface area contributed by atoms with Crippen LogP contribution in [0.25, 0.3) is 0 Å². The van der Waals surface area contributed by atoms with E-state index < -0.39 is 11.6 Å². The van der Waals surface area contributed by atoms with Crippen molar-refractivity contribution in [2.75, 3.05) is 39.8 Å². The quantitative estimate of drug-likeness (QED) is 0.899. The molecule has 3 nitrogen and oxygen atoms in total. The van der Waals surface area contributed by atoms with Crippen LogP contribution in [-0.4, -0.2) is 55.6 Å². The maximum Gasteiger partial charge on any atom is 0.126 e. The van der Waals surface area contributed by atoms with Gasteiger partial charge in [-0.15, -0.1) is 0 Å². The van der Waals surface area contributed by atoms with Crippen LogP contribution in [0.1, 0.15) is 25.5 Å². The fourth-order valence-electron chi connectivity index (χ4n) is 2.82. The Hall–Kier alpha value is -1.04. The first-order valence-corrected chi connectivity index (χ1v) is 7.57. The zero-order chi connectivity index (χ0) is 15.4. The number of halogens is 2. The van der Waals surface area contributed by atoms with Crippen LogP contribution >= 0.6 is 0 Å². The molecule has 2 rings (SSSR count).